The molecule has 2 aromatic carbocycles. The van der Waals surface area contributed by atoms with Crippen LogP contribution in [-0.2, 0) is 0 Å². The molecule has 0 aliphatic heterocycles. The zero-order valence-corrected chi connectivity index (χ0v) is 13.5. The van der Waals surface area contributed by atoms with Gasteiger partial charge in [0, 0.05) is 16.2 Å². The van der Waals surface area contributed by atoms with Gasteiger partial charge in [-0.05, 0) is 55.3 Å². The number of halogens is 1. The highest BCUT2D eigenvalue weighted by molar-refractivity contribution is 9.10. The molecule has 1 unspecified atom stereocenters. The van der Waals surface area contributed by atoms with Gasteiger partial charge in [-0.3, -0.25) is 0 Å². The molecule has 1 atom stereocenters. The average molecular weight is 334 g/mol. The average Bonchev–Trinajstić information content (AvgIpc) is 2.46. The number of ether oxygens (including phenoxy) is 1. The molecule has 20 heavy (non-hydrogen) atoms. The van der Waals surface area contributed by atoms with E-state index in [0.717, 1.165) is 28.9 Å². The third-order valence-corrected chi connectivity index (χ3v) is 3.55. The van der Waals surface area contributed by atoms with Crippen molar-refractivity contribution in [3.63, 3.8) is 0 Å². The monoisotopic (exact) mass is 333 g/mol. The smallest absolute Gasteiger partial charge is 0.119 e. The van der Waals surface area contributed by atoms with Crippen LogP contribution in [0.1, 0.15) is 31.9 Å². The minimum Gasteiger partial charge on any atom is -0.494 e. The summed E-state index contributed by atoms with van der Waals surface area (Å²) in [6, 6.07) is 16.7. The summed E-state index contributed by atoms with van der Waals surface area (Å²) in [6.45, 7) is 5.03. The first-order valence-electron chi connectivity index (χ1n) is 6.94. The fourth-order valence-corrected chi connectivity index (χ4v) is 2.39. The van der Waals surface area contributed by atoms with E-state index in [1.165, 1.54) is 5.56 Å². The molecule has 0 bridgehead atoms. The first kappa shape index (κ1) is 14.9. The molecular weight excluding hydrogens is 314 g/mol. The lowest BCUT2D eigenvalue weighted by Crippen LogP contribution is -2.06. The fraction of sp³-hybridized carbons (Fsp3) is 0.294. The van der Waals surface area contributed by atoms with Gasteiger partial charge in [0.15, 0.2) is 0 Å². The van der Waals surface area contributed by atoms with Crippen LogP contribution in [0.3, 0.4) is 0 Å². The molecule has 3 heteroatoms. The van der Waals surface area contributed by atoms with E-state index in [-0.39, 0.29) is 6.04 Å². The van der Waals surface area contributed by atoms with E-state index in [4.69, 9.17) is 4.74 Å². The summed E-state index contributed by atoms with van der Waals surface area (Å²) in [6.07, 6.45) is 1.03. The third-order valence-electron chi connectivity index (χ3n) is 3.06. The van der Waals surface area contributed by atoms with Gasteiger partial charge in [0.25, 0.3) is 0 Å². The Balaban J connectivity index is 1.99. The number of hydrogen-bond donors (Lipinski definition) is 1. The quantitative estimate of drug-likeness (QED) is 0.762. The zero-order chi connectivity index (χ0) is 14.4. The molecule has 0 aliphatic carbocycles. The van der Waals surface area contributed by atoms with Crippen LogP contribution >= 0.6 is 15.9 Å². The molecule has 1 N–H and O–H groups in total. The van der Waals surface area contributed by atoms with Gasteiger partial charge in [-0.15, -0.1) is 0 Å². The summed E-state index contributed by atoms with van der Waals surface area (Å²) in [5.41, 5.74) is 2.35. The second-order valence-corrected chi connectivity index (χ2v) is 5.71. The highest BCUT2D eigenvalue weighted by atomic mass is 79.9. The standard InChI is InChI=1S/C17H20BrNO/c1-3-11-20-17-9-7-16(8-10-17)19-13(2)14-5-4-6-15(18)12-14/h4-10,12-13,19H,3,11H2,1-2H3. The SMILES string of the molecule is CCCOc1ccc(NC(C)c2cccc(Br)c2)cc1. The Bertz CT molecular complexity index is 539. The van der Waals surface area contributed by atoms with Gasteiger partial charge < -0.3 is 10.1 Å². The Hall–Kier alpha value is -1.48. The number of anilines is 1. The number of benzene rings is 2. The number of rotatable bonds is 6. The lowest BCUT2D eigenvalue weighted by Gasteiger charge is -2.16. The molecule has 106 valence electrons. The highest BCUT2D eigenvalue weighted by Crippen LogP contribution is 2.23. The van der Waals surface area contributed by atoms with Crippen LogP contribution in [-0.4, -0.2) is 6.61 Å². The normalized spacial score (nSPS) is 11.9. The maximum atomic E-state index is 5.58. The molecule has 0 aliphatic rings. The summed E-state index contributed by atoms with van der Waals surface area (Å²) >= 11 is 3.51. The van der Waals surface area contributed by atoms with Gasteiger partial charge in [-0.25, -0.2) is 0 Å². The summed E-state index contributed by atoms with van der Waals surface area (Å²) < 4.78 is 6.69. The first-order valence-corrected chi connectivity index (χ1v) is 7.73. The van der Waals surface area contributed by atoms with Crippen molar-refractivity contribution in [1.29, 1.82) is 0 Å². The van der Waals surface area contributed by atoms with E-state index in [2.05, 4.69) is 65.4 Å². The van der Waals surface area contributed by atoms with Crippen LogP contribution in [0.4, 0.5) is 5.69 Å². The topological polar surface area (TPSA) is 21.3 Å². The van der Waals surface area contributed by atoms with Crippen molar-refractivity contribution in [3.05, 3.63) is 58.6 Å². The Morgan fingerprint density at radius 3 is 2.55 bits per heavy atom. The van der Waals surface area contributed by atoms with Gasteiger partial charge in [-0.1, -0.05) is 35.0 Å². The maximum absolute atomic E-state index is 5.58. The number of hydrogen-bond acceptors (Lipinski definition) is 2. The fourth-order valence-electron chi connectivity index (χ4n) is 1.98. The molecule has 2 nitrogen and oxygen atoms in total. The zero-order valence-electron chi connectivity index (χ0n) is 11.9. The van der Waals surface area contributed by atoms with E-state index in [9.17, 15) is 0 Å². The van der Waals surface area contributed by atoms with E-state index in [1.807, 2.05) is 18.2 Å². The summed E-state index contributed by atoms with van der Waals surface area (Å²) in [5.74, 6) is 0.924. The van der Waals surface area contributed by atoms with Crippen molar-refractivity contribution < 1.29 is 4.74 Å². The largest absolute Gasteiger partial charge is 0.494 e. The summed E-state index contributed by atoms with van der Waals surface area (Å²) in [7, 11) is 0. The lowest BCUT2D eigenvalue weighted by atomic mass is 10.1. The van der Waals surface area contributed by atoms with Gasteiger partial charge in [0.2, 0.25) is 0 Å². The van der Waals surface area contributed by atoms with Crippen molar-refractivity contribution >= 4 is 21.6 Å². The lowest BCUT2D eigenvalue weighted by molar-refractivity contribution is 0.317. The Kier molecular flexibility index (Phi) is 5.48. The van der Waals surface area contributed by atoms with E-state index in [1.54, 1.807) is 0 Å². The first-order chi connectivity index (χ1) is 9.69. The minimum atomic E-state index is 0.259. The Labute approximate surface area is 129 Å². The van der Waals surface area contributed by atoms with E-state index >= 15 is 0 Å². The van der Waals surface area contributed by atoms with Gasteiger partial charge >= 0.3 is 0 Å². The molecule has 0 spiro atoms. The predicted molar refractivity (Wildman–Crippen MR) is 88.4 cm³/mol. The van der Waals surface area contributed by atoms with E-state index < -0.39 is 0 Å². The molecule has 0 radical (unpaired) electrons. The molecule has 0 fully saturated rings. The van der Waals surface area contributed by atoms with Crippen molar-refractivity contribution in [2.24, 2.45) is 0 Å². The van der Waals surface area contributed by atoms with Crippen LogP contribution in [0.2, 0.25) is 0 Å². The van der Waals surface area contributed by atoms with Crippen molar-refractivity contribution in [2.75, 3.05) is 11.9 Å². The van der Waals surface area contributed by atoms with Crippen molar-refractivity contribution in [3.8, 4) is 5.75 Å². The third kappa shape index (κ3) is 4.27. The molecule has 0 aromatic heterocycles. The van der Waals surface area contributed by atoms with Crippen LogP contribution in [0, 0.1) is 0 Å². The molecule has 2 aromatic rings. The molecule has 0 amide bonds. The molecular formula is C17H20BrNO. The second-order valence-electron chi connectivity index (χ2n) is 4.79. The molecule has 2 rings (SSSR count). The van der Waals surface area contributed by atoms with E-state index in [0.29, 0.717) is 0 Å². The number of nitrogens with one attached hydrogen (secondary N) is 1. The second kappa shape index (κ2) is 7.34. The summed E-state index contributed by atoms with van der Waals surface area (Å²) in [5, 5.41) is 3.49. The van der Waals surface area contributed by atoms with Gasteiger partial charge in [-0.2, -0.15) is 0 Å². The van der Waals surface area contributed by atoms with Gasteiger partial charge in [0.1, 0.15) is 5.75 Å². The highest BCUT2D eigenvalue weighted by Gasteiger charge is 2.05. The summed E-state index contributed by atoms with van der Waals surface area (Å²) in [4.78, 5) is 0. The van der Waals surface area contributed by atoms with Crippen LogP contribution in [0.25, 0.3) is 0 Å². The molecule has 0 saturated heterocycles. The minimum absolute atomic E-state index is 0.259. The van der Waals surface area contributed by atoms with Crippen LogP contribution < -0.4 is 10.1 Å². The van der Waals surface area contributed by atoms with Crippen molar-refractivity contribution in [2.45, 2.75) is 26.3 Å². The Morgan fingerprint density at radius 2 is 1.90 bits per heavy atom. The Morgan fingerprint density at radius 1 is 1.15 bits per heavy atom. The van der Waals surface area contributed by atoms with Gasteiger partial charge in [0.05, 0.1) is 6.61 Å². The molecule has 0 saturated carbocycles. The predicted octanol–water partition coefficient (Wildman–Crippen LogP) is 5.41. The van der Waals surface area contributed by atoms with Crippen LogP contribution in [0.5, 0.6) is 5.75 Å². The van der Waals surface area contributed by atoms with Crippen molar-refractivity contribution in [1.82, 2.24) is 0 Å². The maximum Gasteiger partial charge on any atom is 0.119 e. The van der Waals surface area contributed by atoms with Crippen LogP contribution in [0.15, 0.2) is 53.0 Å². The molecule has 0 heterocycles.